The van der Waals surface area contributed by atoms with Crippen LogP contribution < -0.4 is 20.9 Å². The second-order valence-corrected chi connectivity index (χ2v) is 7.10. The molecule has 8 heteroatoms. The molecule has 0 bridgehead atoms. The molecule has 2 aromatic carbocycles. The number of guanidine groups is 1. The molecule has 1 aliphatic rings. The summed E-state index contributed by atoms with van der Waals surface area (Å²) in [4.78, 5) is 29.2. The highest BCUT2D eigenvalue weighted by molar-refractivity contribution is 5.95. The molecule has 0 radical (unpaired) electrons. The fourth-order valence-electron chi connectivity index (χ4n) is 3.38. The predicted molar refractivity (Wildman–Crippen MR) is 117 cm³/mol. The molecule has 0 atom stereocenters. The topological polar surface area (TPSA) is 117 Å². The maximum Gasteiger partial charge on any atom is 0.347 e. The molecule has 7 nitrogen and oxygen atoms in total. The number of hydrogen-bond acceptors (Lipinski definition) is 5. The molecule has 1 fully saturated rings. The summed E-state index contributed by atoms with van der Waals surface area (Å²) in [6.45, 7) is 0.582. The van der Waals surface area contributed by atoms with Crippen LogP contribution in [-0.4, -0.2) is 24.4 Å². The average Bonchev–Trinajstić information content (AvgIpc) is 2.73. The lowest BCUT2D eigenvalue weighted by atomic mass is 9.82. The zero-order chi connectivity index (χ0) is 20.6. The first-order chi connectivity index (χ1) is 14.0. The number of halogens is 1. The molecule has 160 valence electrons. The van der Waals surface area contributed by atoms with E-state index in [4.69, 9.17) is 20.9 Å². The standard InChI is InChI=1S/C22H25N3O4.ClH/c23-22(24)25-14-15-10-12-16(13-11-15)20(26)29-19-9-5-4-8-18(19)21(27)28-17-6-2-1-3-7-17;/h1-9,15-16H,10-14H2,(H4,23,24,25);1H. The Labute approximate surface area is 181 Å². The van der Waals surface area contributed by atoms with Gasteiger partial charge in [-0.1, -0.05) is 30.3 Å². The average molecular weight is 432 g/mol. The monoisotopic (exact) mass is 431 g/mol. The van der Waals surface area contributed by atoms with Gasteiger partial charge in [0.1, 0.15) is 17.1 Å². The van der Waals surface area contributed by atoms with Gasteiger partial charge in [0.05, 0.1) is 5.92 Å². The van der Waals surface area contributed by atoms with Gasteiger partial charge in [0.25, 0.3) is 0 Å². The van der Waals surface area contributed by atoms with Crippen molar-refractivity contribution in [1.29, 1.82) is 0 Å². The van der Waals surface area contributed by atoms with Crippen LogP contribution >= 0.6 is 12.4 Å². The summed E-state index contributed by atoms with van der Waals surface area (Å²) in [7, 11) is 0. The van der Waals surface area contributed by atoms with Crippen LogP contribution in [0.3, 0.4) is 0 Å². The molecule has 0 unspecified atom stereocenters. The number of carbonyl (C=O) groups excluding carboxylic acids is 2. The maximum absolute atomic E-state index is 12.6. The van der Waals surface area contributed by atoms with E-state index in [1.165, 1.54) is 0 Å². The van der Waals surface area contributed by atoms with Gasteiger partial charge in [-0.25, -0.2) is 4.79 Å². The highest BCUT2D eigenvalue weighted by Crippen LogP contribution is 2.31. The summed E-state index contributed by atoms with van der Waals surface area (Å²) in [6.07, 6.45) is 3.13. The molecule has 0 aliphatic heterocycles. The van der Waals surface area contributed by atoms with Crippen molar-refractivity contribution < 1.29 is 19.1 Å². The third kappa shape index (κ3) is 6.49. The van der Waals surface area contributed by atoms with Crippen molar-refractivity contribution in [3.8, 4) is 11.5 Å². The summed E-state index contributed by atoms with van der Waals surface area (Å²) >= 11 is 0. The quantitative estimate of drug-likeness (QED) is 0.313. The Morgan fingerprint density at radius 2 is 1.53 bits per heavy atom. The van der Waals surface area contributed by atoms with E-state index in [1.807, 2.05) is 6.07 Å². The number of rotatable bonds is 6. The van der Waals surface area contributed by atoms with Crippen LogP contribution in [0.4, 0.5) is 0 Å². The predicted octanol–water partition coefficient (Wildman–Crippen LogP) is 3.31. The largest absolute Gasteiger partial charge is 0.425 e. The minimum atomic E-state index is -0.569. The highest BCUT2D eigenvalue weighted by atomic mass is 35.5. The second kappa shape index (κ2) is 11.2. The number of benzene rings is 2. The fraction of sp³-hybridized carbons (Fsp3) is 0.318. The molecule has 30 heavy (non-hydrogen) atoms. The van der Waals surface area contributed by atoms with Crippen LogP contribution in [0.5, 0.6) is 11.5 Å². The normalized spacial score (nSPS) is 17.9. The van der Waals surface area contributed by atoms with Crippen molar-refractivity contribution in [2.24, 2.45) is 28.3 Å². The van der Waals surface area contributed by atoms with E-state index in [2.05, 4.69) is 4.99 Å². The minimum absolute atomic E-state index is 0. The van der Waals surface area contributed by atoms with Gasteiger partial charge in [0, 0.05) is 6.54 Å². The minimum Gasteiger partial charge on any atom is -0.425 e. The molecule has 1 saturated carbocycles. The molecule has 0 amide bonds. The zero-order valence-electron chi connectivity index (χ0n) is 16.5. The molecule has 0 spiro atoms. The molecular weight excluding hydrogens is 406 g/mol. The number of hydrogen-bond donors (Lipinski definition) is 2. The molecule has 0 aromatic heterocycles. The fourth-order valence-corrected chi connectivity index (χ4v) is 3.38. The number of para-hydroxylation sites is 2. The summed E-state index contributed by atoms with van der Waals surface area (Å²) in [5, 5.41) is 0. The van der Waals surface area contributed by atoms with E-state index in [1.54, 1.807) is 48.5 Å². The van der Waals surface area contributed by atoms with Crippen LogP contribution in [0, 0.1) is 11.8 Å². The van der Waals surface area contributed by atoms with Crippen molar-refractivity contribution in [1.82, 2.24) is 0 Å². The van der Waals surface area contributed by atoms with Gasteiger partial charge in [-0.2, -0.15) is 0 Å². The molecule has 0 saturated heterocycles. The molecule has 2 aromatic rings. The lowest BCUT2D eigenvalue weighted by Crippen LogP contribution is -2.28. The lowest BCUT2D eigenvalue weighted by Gasteiger charge is -2.26. The Morgan fingerprint density at radius 3 is 2.20 bits per heavy atom. The van der Waals surface area contributed by atoms with Crippen molar-refractivity contribution in [3.63, 3.8) is 0 Å². The Kier molecular flexibility index (Phi) is 8.68. The number of nitrogens with two attached hydrogens (primary N) is 2. The summed E-state index contributed by atoms with van der Waals surface area (Å²) < 4.78 is 10.9. The van der Waals surface area contributed by atoms with Crippen molar-refractivity contribution in [2.75, 3.05) is 6.54 Å². The lowest BCUT2D eigenvalue weighted by molar-refractivity contribution is -0.140. The molecule has 3 rings (SSSR count). The third-order valence-electron chi connectivity index (χ3n) is 4.98. The molecule has 4 N–H and O–H groups in total. The van der Waals surface area contributed by atoms with Gasteiger partial charge in [-0.05, 0) is 55.9 Å². The Hall–Kier alpha value is -3.06. The highest BCUT2D eigenvalue weighted by Gasteiger charge is 2.28. The van der Waals surface area contributed by atoms with Gasteiger partial charge in [-0.3, -0.25) is 9.79 Å². The first kappa shape index (κ1) is 23.2. The van der Waals surface area contributed by atoms with Crippen LogP contribution in [-0.2, 0) is 4.79 Å². The van der Waals surface area contributed by atoms with E-state index >= 15 is 0 Å². The second-order valence-electron chi connectivity index (χ2n) is 7.10. The van der Waals surface area contributed by atoms with E-state index in [9.17, 15) is 9.59 Å². The number of aliphatic imine (C=N–C) groups is 1. The smallest absolute Gasteiger partial charge is 0.347 e. The summed E-state index contributed by atoms with van der Waals surface area (Å²) in [5.41, 5.74) is 11.0. The number of ether oxygens (including phenoxy) is 2. The van der Waals surface area contributed by atoms with Crippen molar-refractivity contribution in [3.05, 3.63) is 60.2 Å². The molecule has 0 heterocycles. The van der Waals surface area contributed by atoms with Gasteiger partial charge in [0.15, 0.2) is 5.96 Å². The molecule has 1 aliphatic carbocycles. The summed E-state index contributed by atoms with van der Waals surface area (Å²) in [6, 6.07) is 15.4. The van der Waals surface area contributed by atoms with E-state index in [0.717, 1.165) is 12.8 Å². The summed E-state index contributed by atoms with van der Waals surface area (Å²) in [5.74, 6) is -0.00644. The Bertz CT molecular complexity index is 877. The van der Waals surface area contributed by atoms with E-state index < -0.39 is 5.97 Å². The van der Waals surface area contributed by atoms with Gasteiger partial charge in [-0.15, -0.1) is 12.4 Å². The van der Waals surface area contributed by atoms with Gasteiger partial charge < -0.3 is 20.9 Å². The van der Waals surface area contributed by atoms with Crippen LogP contribution in [0.25, 0.3) is 0 Å². The van der Waals surface area contributed by atoms with Gasteiger partial charge in [0.2, 0.25) is 0 Å². The SMILES string of the molecule is Cl.NC(N)=NCC1CCC(C(=O)Oc2ccccc2C(=O)Oc2ccccc2)CC1. The molecular formula is C22H26ClN3O4. The van der Waals surface area contributed by atoms with Crippen LogP contribution in [0.15, 0.2) is 59.6 Å². The van der Waals surface area contributed by atoms with Crippen LogP contribution in [0.2, 0.25) is 0 Å². The van der Waals surface area contributed by atoms with Crippen molar-refractivity contribution >= 4 is 30.3 Å². The Morgan fingerprint density at radius 1 is 0.900 bits per heavy atom. The maximum atomic E-state index is 12.6. The third-order valence-corrected chi connectivity index (χ3v) is 4.98. The number of carbonyl (C=O) groups is 2. The van der Waals surface area contributed by atoms with Gasteiger partial charge >= 0.3 is 11.9 Å². The van der Waals surface area contributed by atoms with Crippen molar-refractivity contribution in [2.45, 2.75) is 25.7 Å². The first-order valence-electron chi connectivity index (χ1n) is 9.66. The van der Waals surface area contributed by atoms with Crippen LogP contribution in [0.1, 0.15) is 36.0 Å². The van der Waals surface area contributed by atoms with E-state index in [0.29, 0.717) is 31.1 Å². The van der Waals surface area contributed by atoms with E-state index in [-0.39, 0.29) is 41.6 Å². The Balaban J connectivity index is 0.00000320. The number of nitrogens with zero attached hydrogens (tertiary/aromatic N) is 1. The zero-order valence-corrected chi connectivity index (χ0v) is 17.3. The first-order valence-corrected chi connectivity index (χ1v) is 9.66. The number of esters is 2.